The molecule has 124 valence electrons. The molecule has 1 heterocycles. The average molecular weight is 350 g/mol. The molecule has 0 amide bonds. The van der Waals surface area contributed by atoms with Gasteiger partial charge in [-0.05, 0) is 48.1 Å². The van der Waals surface area contributed by atoms with E-state index < -0.39 is 0 Å². The number of hydrogen-bond acceptors (Lipinski definition) is 4. The van der Waals surface area contributed by atoms with Crippen molar-refractivity contribution in [3.05, 3.63) is 70.9 Å². The Morgan fingerprint density at radius 2 is 1.92 bits per heavy atom. The first-order valence-electron chi connectivity index (χ1n) is 8.20. The van der Waals surface area contributed by atoms with E-state index in [4.69, 9.17) is 16.0 Å². The van der Waals surface area contributed by atoms with Gasteiger partial charge in [0, 0.05) is 17.1 Å². The van der Waals surface area contributed by atoms with Crippen molar-refractivity contribution in [3.63, 3.8) is 0 Å². The van der Waals surface area contributed by atoms with Gasteiger partial charge in [-0.1, -0.05) is 41.9 Å². The number of aromatic nitrogens is 1. The van der Waals surface area contributed by atoms with E-state index in [-0.39, 0.29) is 5.69 Å². The van der Waals surface area contributed by atoms with E-state index in [0.29, 0.717) is 28.6 Å². The van der Waals surface area contributed by atoms with Crippen LogP contribution < -0.4 is 5.32 Å². The molecule has 4 rings (SSSR count). The summed E-state index contributed by atoms with van der Waals surface area (Å²) in [7, 11) is 0. The van der Waals surface area contributed by atoms with E-state index in [0.717, 1.165) is 18.5 Å². The predicted molar refractivity (Wildman–Crippen MR) is 97.4 cm³/mol. The monoisotopic (exact) mass is 349 g/mol. The Balaban J connectivity index is 1.45. The lowest BCUT2D eigenvalue weighted by Crippen LogP contribution is -2.05. The van der Waals surface area contributed by atoms with Crippen LogP contribution in [-0.4, -0.2) is 11.5 Å². The van der Waals surface area contributed by atoms with Gasteiger partial charge < -0.3 is 9.73 Å². The van der Waals surface area contributed by atoms with Gasteiger partial charge in [-0.3, -0.25) is 0 Å². The molecular weight excluding hydrogens is 334 g/mol. The Morgan fingerprint density at radius 1 is 1.16 bits per heavy atom. The second-order valence-electron chi connectivity index (χ2n) is 6.21. The number of rotatable bonds is 5. The largest absolute Gasteiger partial charge is 0.419 e. The maximum absolute atomic E-state index is 9.30. The standard InChI is InChI=1S/C20H16ClN3O/c21-16-8-6-14(7-9-16)19-24-18(11-22)20(25-19)23-12-15-10-17(15)13-4-2-1-3-5-13/h1-9,15,17,23H,10,12H2. The molecule has 5 heteroatoms. The Labute approximate surface area is 151 Å². The van der Waals surface area contributed by atoms with Crippen LogP contribution in [0.3, 0.4) is 0 Å². The Kier molecular flexibility index (Phi) is 4.17. The highest BCUT2D eigenvalue weighted by atomic mass is 35.5. The second kappa shape index (κ2) is 6.62. The zero-order chi connectivity index (χ0) is 17.2. The molecule has 0 aliphatic heterocycles. The molecular formula is C20H16ClN3O. The van der Waals surface area contributed by atoms with Gasteiger partial charge in [0.25, 0.3) is 0 Å². The fourth-order valence-corrected chi connectivity index (χ4v) is 3.16. The summed E-state index contributed by atoms with van der Waals surface area (Å²) in [5, 5.41) is 13.2. The number of nitriles is 1. The highest BCUT2D eigenvalue weighted by Crippen LogP contribution is 2.47. The molecule has 0 saturated heterocycles. The van der Waals surface area contributed by atoms with Crippen molar-refractivity contribution >= 4 is 17.5 Å². The summed E-state index contributed by atoms with van der Waals surface area (Å²) < 4.78 is 5.76. The molecule has 2 aromatic carbocycles. The van der Waals surface area contributed by atoms with Crippen molar-refractivity contribution in [1.29, 1.82) is 5.26 Å². The summed E-state index contributed by atoms with van der Waals surface area (Å²) in [6, 6.07) is 19.8. The van der Waals surface area contributed by atoms with Crippen LogP contribution in [0.5, 0.6) is 0 Å². The highest BCUT2D eigenvalue weighted by molar-refractivity contribution is 6.30. The molecule has 0 radical (unpaired) electrons. The van der Waals surface area contributed by atoms with Crippen LogP contribution in [-0.2, 0) is 0 Å². The summed E-state index contributed by atoms with van der Waals surface area (Å²) in [4.78, 5) is 4.27. The number of benzene rings is 2. The fourth-order valence-electron chi connectivity index (χ4n) is 3.04. The number of hydrogen-bond donors (Lipinski definition) is 1. The van der Waals surface area contributed by atoms with Gasteiger partial charge in [0.15, 0.2) is 0 Å². The van der Waals surface area contributed by atoms with Crippen LogP contribution in [0.25, 0.3) is 11.5 Å². The molecule has 1 aromatic heterocycles. The summed E-state index contributed by atoms with van der Waals surface area (Å²) >= 11 is 5.90. The molecule has 2 atom stereocenters. The smallest absolute Gasteiger partial charge is 0.232 e. The van der Waals surface area contributed by atoms with Gasteiger partial charge in [-0.25, -0.2) is 0 Å². The van der Waals surface area contributed by atoms with Gasteiger partial charge in [0.05, 0.1) is 0 Å². The zero-order valence-corrected chi connectivity index (χ0v) is 14.2. The van der Waals surface area contributed by atoms with Crippen LogP contribution in [0.2, 0.25) is 5.02 Å². The van der Waals surface area contributed by atoms with E-state index >= 15 is 0 Å². The second-order valence-corrected chi connectivity index (χ2v) is 6.65. The van der Waals surface area contributed by atoms with Crippen molar-refractivity contribution in [2.24, 2.45) is 5.92 Å². The summed E-state index contributed by atoms with van der Waals surface area (Å²) in [5.74, 6) is 1.99. The lowest BCUT2D eigenvalue weighted by Gasteiger charge is -2.03. The number of halogens is 1. The first-order valence-corrected chi connectivity index (χ1v) is 8.58. The predicted octanol–water partition coefficient (Wildman–Crippen LogP) is 5.08. The number of anilines is 1. The molecule has 1 N–H and O–H groups in total. The zero-order valence-electron chi connectivity index (χ0n) is 13.4. The Hall–Kier alpha value is -2.77. The van der Waals surface area contributed by atoms with E-state index in [9.17, 15) is 5.26 Å². The van der Waals surface area contributed by atoms with Gasteiger partial charge in [-0.15, -0.1) is 0 Å². The van der Waals surface area contributed by atoms with Gasteiger partial charge in [-0.2, -0.15) is 10.2 Å². The SMILES string of the molecule is N#Cc1nc(-c2ccc(Cl)cc2)oc1NCC1CC1c1ccccc1. The normalized spacial score (nSPS) is 18.6. The first-order chi connectivity index (χ1) is 12.2. The van der Waals surface area contributed by atoms with Crippen molar-refractivity contribution in [1.82, 2.24) is 4.98 Å². The molecule has 25 heavy (non-hydrogen) atoms. The number of oxazole rings is 1. The molecule has 1 saturated carbocycles. The molecule has 2 unspecified atom stereocenters. The minimum Gasteiger partial charge on any atom is -0.419 e. The third kappa shape index (κ3) is 3.38. The van der Waals surface area contributed by atoms with E-state index in [1.807, 2.05) is 18.2 Å². The van der Waals surface area contributed by atoms with Crippen LogP contribution in [0.15, 0.2) is 59.0 Å². The van der Waals surface area contributed by atoms with Crippen molar-refractivity contribution in [2.75, 3.05) is 11.9 Å². The molecule has 0 bridgehead atoms. The van der Waals surface area contributed by atoms with Crippen molar-refractivity contribution < 1.29 is 4.42 Å². The van der Waals surface area contributed by atoms with Crippen molar-refractivity contribution in [3.8, 4) is 17.5 Å². The van der Waals surface area contributed by atoms with E-state index in [2.05, 4.69) is 40.6 Å². The maximum atomic E-state index is 9.30. The highest BCUT2D eigenvalue weighted by Gasteiger charge is 2.38. The Morgan fingerprint density at radius 3 is 2.64 bits per heavy atom. The molecule has 4 nitrogen and oxygen atoms in total. The van der Waals surface area contributed by atoms with E-state index in [1.165, 1.54) is 5.56 Å². The van der Waals surface area contributed by atoms with Crippen LogP contribution in [0.4, 0.5) is 5.88 Å². The fraction of sp³-hybridized carbons (Fsp3) is 0.200. The summed E-state index contributed by atoms with van der Waals surface area (Å²) in [6.45, 7) is 0.767. The molecule has 1 aliphatic carbocycles. The quantitative estimate of drug-likeness (QED) is 0.697. The Bertz CT molecular complexity index is 912. The minimum absolute atomic E-state index is 0.280. The first kappa shape index (κ1) is 15.7. The van der Waals surface area contributed by atoms with Gasteiger partial charge in [0.1, 0.15) is 6.07 Å². The third-order valence-corrected chi connectivity index (χ3v) is 4.75. The topological polar surface area (TPSA) is 61.9 Å². The van der Waals surface area contributed by atoms with Crippen LogP contribution >= 0.6 is 11.6 Å². The molecule has 1 aliphatic rings. The lowest BCUT2D eigenvalue weighted by atomic mass is 10.1. The number of nitrogens with zero attached hydrogens (tertiary/aromatic N) is 2. The molecule has 3 aromatic rings. The maximum Gasteiger partial charge on any atom is 0.232 e. The van der Waals surface area contributed by atoms with Gasteiger partial charge >= 0.3 is 0 Å². The minimum atomic E-state index is 0.280. The van der Waals surface area contributed by atoms with Crippen LogP contribution in [0.1, 0.15) is 23.6 Å². The van der Waals surface area contributed by atoms with E-state index in [1.54, 1.807) is 12.1 Å². The summed E-state index contributed by atoms with van der Waals surface area (Å²) in [6.07, 6.45) is 1.15. The van der Waals surface area contributed by atoms with Gasteiger partial charge in [0.2, 0.25) is 17.5 Å². The molecule has 0 spiro atoms. The average Bonchev–Trinajstić information content (AvgIpc) is 3.32. The van der Waals surface area contributed by atoms with Crippen molar-refractivity contribution in [2.45, 2.75) is 12.3 Å². The van der Waals surface area contributed by atoms with Crippen LogP contribution in [0, 0.1) is 17.2 Å². The lowest BCUT2D eigenvalue weighted by molar-refractivity contribution is 0.582. The summed E-state index contributed by atoms with van der Waals surface area (Å²) in [5.41, 5.74) is 2.44. The molecule has 1 fully saturated rings. The number of nitrogens with one attached hydrogen (secondary N) is 1. The third-order valence-electron chi connectivity index (χ3n) is 4.50.